The Hall–Kier alpha value is -3.14. The van der Waals surface area contributed by atoms with Crippen molar-refractivity contribution in [2.75, 3.05) is 0 Å². The maximum atomic E-state index is 12.6. The average Bonchev–Trinajstić information content (AvgIpc) is 3.14. The van der Waals surface area contributed by atoms with E-state index in [0.717, 1.165) is 23.1 Å². The highest BCUT2D eigenvalue weighted by atomic mass is 16.2. The van der Waals surface area contributed by atoms with E-state index in [1.54, 1.807) is 0 Å². The molecular formula is C21H18N2O2. The molecule has 25 heavy (non-hydrogen) atoms. The molecule has 2 amide bonds. The highest BCUT2D eigenvalue weighted by Gasteiger charge is 2.40. The molecule has 4 rings (SSSR count). The first-order valence-electron chi connectivity index (χ1n) is 8.36. The van der Waals surface area contributed by atoms with Crippen LogP contribution in [0.4, 0.5) is 0 Å². The molecule has 2 heterocycles. The molecule has 0 unspecified atom stereocenters. The van der Waals surface area contributed by atoms with Crippen LogP contribution in [0.3, 0.4) is 0 Å². The van der Waals surface area contributed by atoms with E-state index in [-0.39, 0.29) is 11.8 Å². The molecule has 0 saturated heterocycles. The van der Waals surface area contributed by atoms with Crippen LogP contribution in [0.1, 0.15) is 29.2 Å². The fourth-order valence-corrected chi connectivity index (χ4v) is 3.32. The number of hydrogen-bond acceptors (Lipinski definition) is 2. The second-order valence-electron chi connectivity index (χ2n) is 6.33. The van der Waals surface area contributed by atoms with Gasteiger partial charge in [0.2, 0.25) is 0 Å². The van der Waals surface area contributed by atoms with E-state index in [1.807, 2.05) is 55.5 Å². The summed E-state index contributed by atoms with van der Waals surface area (Å²) in [6.45, 7) is 4.07. The summed E-state index contributed by atoms with van der Waals surface area (Å²) in [5.74, 6) is -0.473. The van der Waals surface area contributed by atoms with Crippen LogP contribution in [0, 0.1) is 6.92 Å². The monoisotopic (exact) mass is 330 g/mol. The standard InChI is InChI=1S/C21H18N2O2/c1-3-13-7-9-14(10-8-13)18-16-17(21(25)22-18)19(23-20(16)24)15-6-4-5-12(2)11-15/h4-11H,3H2,1-2H3,(H,22,25)(H,23,24). The summed E-state index contributed by atoms with van der Waals surface area (Å²) in [5.41, 5.74) is 6.02. The summed E-state index contributed by atoms with van der Waals surface area (Å²) in [6, 6.07) is 15.7. The van der Waals surface area contributed by atoms with E-state index < -0.39 is 0 Å². The van der Waals surface area contributed by atoms with Gasteiger partial charge < -0.3 is 10.6 Å². The Kier molecular flexibility index (Phi) is 3.53. The van der Waals surface area contributed by atoms with E-state index in [9.17, 15) is 9.59 Å². The Balaban J connectivity index is 1.86. The minimum atomic E-state index is -0.237. The molecule has 2 N–H and O–H groups in total. The lowest BCUT2D eigenvalue weighted by Crippen LogP contribution is -2.21. The first-order valence-corrected chi connectivity index (χ1v) is 8.36. The van der Waals surface area contributed by atoms with Crippen molar-refractivity contribution in [2.24, 2.45) is 0 Å². The minimum absolute atomic E-state index is 0.237. The number of aryl methyl sites for hydroxylation is 2. The summed E-state index contributed by atoms with van der Waals surface area (Å²) in [7, 11) is 0. The number of nitrogens with one attached hydrogen (secondary N) is 2. The lowest BCUT2D eigenvalue weighted by molar-refractivity contribution is -0.117. The topological polar surface area (TPSA) is 58.2 Å². The molecule has 2 aromatic rings. The third-order valence-corrected chi connectivity index (χ3v) is 4.64. The van der Waals surface area contributed by atoms with Gasteiger partial charge in [-0.05, 0) is 36.1 Å². The zero-order chi connectivity index (χ0) is 17.6. The second-order valence-corrected chi connectivity index (χ2v) is 6.33. The molecule has 0 aliphatic carbocycles. The van der Waals surface area contributed by atoms with Crippen LogP contribution >= 0.6 is 0 Å². The number of rotatable bonds is 3. The summed E-state index contributed by atoms with van der Waals surface area (Å²) < 4.78 is 0. The van der Waals surface area contributed by atoms with E-state index in [1.165, 1.54) is 5.56 Å². The van der Waals surface area contributed by atoms with Crippen molar-refractivity contribution in [3.8, 4) is 0 Å². The van der Waals surface area contributed by atoms with Crippen molar-refractivity contribution >= 4 is 23.2 Å². The first-order chi connectivity index (χ1) is 12.1. The number of fused-ring (bicyclic) bond motifs is 1. The highest BCUT2D eigenvalue weighted by molar-refractivity contribution is 6.30. The number of benzene rings is 2. The molecule has 4 nitrogen and oxygen atoms in total. The number of carbonyl (C=O) groups excluding carboxylic acids is 2. The zero-order valence-electron chi connectivity index (χ0n) is 14.1. The number of amides is 2. The largest absolute Gasteiger partial charge is 0.321 e. The van der Waals surface area contributed by atoms with Crippen molar-refractivity contribution in [3.05, 3.63) is 81.9 Å². The van der Waals surface area contributed by atoms with Gasteiger partial charge in [0.25, 0.3) is 11.8 Å². The predicted octanol–water partition coefficient (Wildman–Crippen LogP) is 2.94. The molecule has 0 radical (unpaired) electrons. The molecule has 4 heteroatoms. The van der Waals surface area contributed by atoms with Gasteiger partial charge in [-0.15, -0.1) is 0 Å². The lowest BCUT2D eigenvalue weighted by atomic mass is 10.0. The molecule has 0 atom stereocenters. The van der Waals surface area contributed by atoms with E-state index in [4.69, 9.17) is 0 Å². The van der Waals surface area contributed by atoms with Gasteiger partial charge in [0.15, 0.2) is 0 Å². The van der Waals surface area contributed by atoms with Gasteiger partial charge in [-0.2, -0.15) is 0 Å². The summed E-state index contributed by atoms with van der Waals surface area (Å²) in [5, 5.41) is 5.75. The van der Waals surface area contributed by atoms with Crippen molar-refractivity contribution in [1.29, 1.82) is 0 Å². The third-order valence-electron chi connectivity index (χ3n) is 4.64. The van der Waals surface area contributed by atoms with Crippen LogP contribution in [0.15, 0.2) is 59.7 Å². The van der Waals surface area contributed by atoms with Crippen LogP contribution in [0.25, 0.3) is 11.4 Å². The molecule has 0 saturated carbocycles. The van der Waals surface area contributed by atoms with Gasteiger partial charge in [-0.25, -0.2) is 0 Å². The summed E-state index contributed by atoms with van der Waals surface area (Å²) in [6.07, 6.45) is 0.946. The normalized spacial score (nSPS) is 16.2. The Bertz CT molecular complexity index is 966. The van der Waals surface area contributed by atoms with Gasteiger partial charge in [0.1, 0.15) is 0 Å². The fourth-order valence-electron chi connectivity index (χ4n) is 3.32. The SMILES string of the molecule is CCc1ccc(C2=C3C(=O)NC(c4cccc(C)c4)=C3C(=O)N2)cc1. The smallest absolute Gasteiger partial charge is 0.258 e. The van der Waals surface area contributed by atoms with Crippen LogP contribution in [-0.4, -0.2) is 11.8 Å². The van der Waals surface area contributed by atoms with Crippen LogP contribution < -0.4 is 10.6 Å². The molecule has 124 valence electrons. The van der Waals surface area contributed by atoms with E-state index in [0.29, 0.717) is 22.5 Å². The number of hydrogen-bond donors (Lipinski definition) is 2. The lowest BCUT2D eigenvalue weighted by Gasteiger charge is -2.08. The zero-order valence-corrected chi connectivity index (χ0v) is 14.1. The Morgan fingerprint density at radius 2 is 1.40 bits per heavy atom. The Morgan fingerprint density at radius 1 is 0.800 bits per heavy atom. The van der Waals surface area contributed by atoms with Gasteiger partial charge in [-0.1, -0.05) is 55.0 Å². The second kappa shape index (κ2) is 5.74. The van der Waals surface area contributed by atoms with Gasteiger partial charge in [0, 0.05) is 0 Å². The Morgan fingerprint density at radius 3 is 1.96 bits per heavy atom. The predicted molar refractivity (Wildman–Crippen MR) is 97.1 cm³/mol. The highest BCUT2D eigenvalue weighted by Crippen LogP contribution is 2.37. The molecule has 0 bridgehead atoms. The van der Waals surface area contributed by atoms with Crippen molar-refractivity contribution in [2.45, 2.75) is 20.3 Å². The Labute approximate surface area is 146 Å². The first kappa shape index (κ1) is 15.4. The van der Waals surface area contributed by atoms with Crippen molar-refractivity contribution in [1.82, 2.24) is 10.6 Å². The van der Waals surface area contributed by atoms with Gasteiger partial charge in [0.05, 0.1) is 22.5 Å². The molecule has 2 aliphatic rings. The molecule has 2 aromatic carbocycles. The maximum absolute atomic E-state index is 12.6. The van der Waals surface area contributed by atoms with Crippen LogP contribution in [-0.2, 0) is 16.0 Å². The van der Waals surface area contributed by atoms with Crippen LogP contribution in [0.5, 0.6) is 0 Å². The van der Waals surface area contributed by atoms with Gasteiger partial charge in [-0.3, -0.25) is 9.59 Å². The third kappa shape index (κ3) is 2.47. The summed E-state index contributed by atoms with van der Waals surface area (Å²) in [4.78, 5) is 25.1. The van der Waals surface area contributed by atoms with E-state index in [2.05, 4.69) is 17.6 Å². The molecule has 0 aromatic heterocycles. The average molecular weight is 330 g/mol. The fraction of sp³-hybridized carbons (Fsp3) is 0.143. The quantitative estimate of drug-likeness (QED) is 0.909. The number of carbonyl (C=O) groups is 2. The van der Waals surface area contributed by atoms with Crippen molar-refractivity contribution in [3.63, 3.8) is 0 Å². The molecule has 0 fully saturated rings. The minimum Gasteiger partial charge on any atom is -0.321 e. The molecule has 2 aliphatic heterocycles. The van der Waals surface area contributed by atoms with Crippen LogP contribution in [0.2, 0.25) is 0 Å². The van der Waals surface area contributed by atoms with Gasteiger partial charge >= 0.3 is 0 Å². The molecule has 0 spiro atoms. The van der Waals surface area contributed by atoms with Crippen molar-refractivity contribution < 1.29 is 9.59 Å². The maximum Gasteiger partial charge on any atom is 0.258 e. The molecular weight excluding hydrogens is 312 g/mol. The van der Waals surface area contributed by atoms with E-state index >= 15 is 0 Å². The summed E-state index contributed by atoms with van der Waals surface area (Å²) >= 11 is 0.